The number of aliphatic imine (C=N–C) groups is 1. The number of nitrogens with zero attached hydrogens (tertiary/aromatic N) is 1. The van der Waals surface area contributed by atoms with Crippen LogP contribution < -0.4 is 16.5 Å². The first kappa shape index (κ1) is 24.9. The Labute approximate surface area is 173 Å². The van der Waals surface area contributed by atoms with Gasteiger partial charge >= 0.3 is 5.97 Å². The maximum absolute atomic E-state index is 12.4. The fourth-order valence-corrected chi connectivity index (χ4v) is 3.07. The van der Waals surface area contributed by atoms with Crippen LogP contribution in [0.2, 0.25) is 0 Å². The molecule has 0 fully saturated rings. The lowest BCUT2D eigenvalue weighted by atomic mass is 9.88. The minimum absolute atomic E-state index is 0.0153. The van der Waals surface area contributed by atoms with Gasteiger partial charge < -0.3 is 20.5 Å². The van der Waals surface area contributed by atoms with E-state index in [2.05, 4.69) is 15.8 Å². The number of hydroxylamine groups is 1. The highest BCUT2D eigenvalue weighted by atomic mass is 16.7. The van der Waals surface area contributed by atoms with Gasteiger partial charge in [0.2, 0.25) is 11.9 Å². The molecule has 0 aromatic rings. The van der Waals surface area contributed by atoms with Crippen LogP contribution in [-0.2, 0) is 23.9 Å². The van der Waals surface area contributed by atoms with E-state index in [-0.39, 0.29) is 37.1 Å². The molecule has 0 radical (unpaired) electrons. The van der Waals surface area contributed by atoms with Gasteiger partial charge in [-0.15, -0.1) is 0 Å². The molecule has 0 aromatic heterocycles. The summed E-state index contributed by atoms with van der Waals surface area (Å²) in [5, 5.41) is 2.91. The van der Waals surface area contributed by atoms with Crippen molar-refractivity contribution >= 4 is 17.8 Å². The Morgan fingerprint density at radius 3 is 2.45 bits per heavy atom. The first-order valence-electron chi connectivity index (χ1n) is 10.3. The Hall–Kier alpha value is -2.13. The first-order valence-corrected chi connectivity index (χ1v) is 10.3. The second kappa shape index (κ2) is 12.4. The summed E-state index contributed by atoms with van der Waals surface area (Å²) < 4.78 is 11.4. The smallest absolute Gasteiger partial charge is 0.333 e. The summed E-state index contributed by atoms with van der Waals surface area (Å²) in [7, 11) is 0. The molecule has 29 heavy (non-hydrogen) atoms. The van der Waals surface area contributed by atoms with E-state index in [9.17, 15) is 9.59 Å². The second-order valence-corrected chi connectivity index (χ2v) is 7.23. The highest BCUT2D eigenvalue weighted by Crippen LogP contribution is 2.27. The van der Waals surface area contributed by atoms with Gasteiger partial charge in [-0.05, 0) is 39.7 Å². The predicted octanol–water partition coefficient (Wildman–Crippen LogP) is 1.57. The number of carbonyl (C=O) groups excluding carboxylic acids is 2. The minimum atomic E-state index is -0.537. The van der Waals surface area contributed by atoms with Gasteiger partial charge in [-0.25, -0.2) is 15.3 Å². The number of esters is 1. The molecule has 9 heteroatoms. The molecule has 3 unspecified atom stereocenters. The quantitative estimate of drug-likeness (QED) is 0.215. The van der Waals surface area contributed by atoms with Gasteiger partial charge in [-0.3, -0.25) is 9.63 Å². The van der Waals surface area contributed by atoms with Gasteiger partial charge in [0.25, 0.3) is 0 Å². The molecule has 0 aliphatic heterocycles. The molecule has 0 spiro atoms. The van der Waals surface area contributed by atoms with Crippen LogP contribution in [-0.4, -0.2) is 54.8 Å². The number of guanidine groups is 1. The number of rotatable bonds is 10. The van der Waals surface area contributed by atoms with Crippen molar-refractivity contribution in [2.24, 2.45) is 10.7 Å². The second-order valence-electron chi connectivity index (χ2n) is 7.23. The number of amides is 1. The Morgan fingerprint density at radius 2 is 1.93 bits per heavy atom. The highest BCUT2D eigenvalue weighted by molar-refractivity contribution is 5.89. The standard InChI is InChI=1S/C20H36N4O5/c1-7-15(8-2)28-17-11-14(19(26)27-9-3)10-16(18(17)22-13(6)25)23-20(21)24-29-12(4)5/h11-12,15-18H,7-10H2,1-6H3,(H,22,25)(H3,21,23,24). The van der Waals surface area contributed by atoms with Gasteiger partial charge in [0.05, 0.1) is 37.0 Å². The number of carbonyl (C=O) groups is 2. The molecule has 0 saturated carbocycles. The molecule has 4 N–H and O–H groups in total. The van der Waals surface area contributed by atoms with Crippen molar-refractivity contribution in [1.82, 2.24) is 10.8 Å². The predicted molar refractivity (Wildman–Crippen MR) is 111 cm³/mol. The van der Waals surface area contributed by atoms with Gasteiger partial charge in [0.15, 0.2) is 0 Å². The van der Waals surface area contributed by atoms with Crippen molar-refractivity contribution in [2.75, 3.05) is 6.61 Å². The van der Waals surface area contributed by atoms with E-state index in [0.29, 0.717) is 5.57 Å². The SMILES string of the molecule is CCOC(=O)C1=CC(OC(CC)CC)C(NC(C)=O)C(N=C(N)NOC(C)C)C1. The Morgan fingerprint density at radius 1 is 1.28 bits per heavy atom. The fourth-order valence-electron chi connectivity index (χ4n) is 3.07. The number of nitrogens with two attached hydrogens (primary N) is 1. The molecule has 1 aliphatic rings. The molecule has 166 valence electrons. The molecular formula is C20H36N4O5. The highest BCUT2D eigenvalue weighted by Gasteiger charge is 2.38. The molecule has 0 saturated heterocycles. The molecule has 1 aliphatic carbocycles. The average Bonchev–Trinajstić information content (AvgIpc) is 2.66. The van der Waals surface area contributed by atoms with Crippen molar-refractivity contribution < 1.29 is 23.9 Å². The molecule has 0 bridgehead atoms. The van der Waals surface area contributed by atoms with E-state index in [0.717, 1.165) is 12.8 Å². The molecule has 9 nitrogen and oxygen atoms in total. The van der Waals surface area contributed by atoms with E-state index in [1.54, 1.807) is 13.0 Å². The average molecular weight is 413 g/mol. The summed E-state index contributed by atoms with van der Waals surface area (Å²) in [6, 6.07) is -1.00. The van der Waals surface area contributed by atoms with Crippen LogP contribution in [0.25, 0.3) is 0 Å². The Bertz CT molecular complexity index is 602. The Balaban J connectivity index is 3.23. The van der Waals surface area contributed by atoms with E-state index in [1.165, 1.54) is 6.92 Å². The summed E-state index contributed by atoms with van der Waals surface area (Å²) in [5.41, 5.74) is 8.99. The third kappa shape index (κ3) is 8.41. The van der Waals surface area contributed by atoms with Crippen LogP contribution in [0.5, 0.6) is 0 Å². The van der Waals surface area contributed by atoms with Crippen LogP contribution in [0, 0.1) is 0 Å². The number of hydrogen-bond donors (Lipinski definition) is 3. The third-order valence-electron chi connectivity index (χ3n) is 4.43. The molecule has 3 atom stereocenters. The van der Waals surface area contributed by atoms with E-state index >= 15 is 0 Å². The van der Waals surface area contributed by atoms with Crippen LogP contribution >= 0.6 is 0 Å². The molecule has 0 aromatic carbocycles. The zero-order chi connectivity index (χ0) is 22.0. The fraction of sp³-hybridized carbons (Fsp3) is 0.750. The monoisotopic (exact) mass is 412 g/mol. The maximum atomic E-state index is 12.4. The van der Waals surface area contributed by atoms with Gasteiger partial charge in [-0.1, -0.05) is 13.8 Å². The third-order valence-corrected chi connectivity index (χ3v) is 4.43. The topological polar surface area (TPSA) is 124 Å². The lowest BCUT2D eigenvalue weighted by molar-refractivity contribution is -0.139. The van der Waals surface area contributed by atoms with Crippen molar-refractivity contribution in [3.05, 3.63) is 11.6 Å². The molecular weight excluding hydrogens is 376 g/mol. The number of nitrogens with one attached hydrogen (secondary N) is 2. The zero-order valence-corrected chi connectivity index (χ0v) is 18.4. The molecule has 0 heterocycles. The summed E-state index contributed by atoms with van der Waals surface area (Å²) in [4.78, 5) is 34.0. The van der Waals surface area contributed by atoms with Crippen molar-refractivity contribution in [1.29, 1.82) is 0 Å². The number of hydrogen-bond acceptors (Lipinski definition) is 6. The normalized spacial score (nSPS) is 22.4. The van der Waals surface area contributed by atoms with Crippen LogP contribution in [0.1, 0.15) is 60.8 Å². The van der Waals surface area contributed by atoms with Crippen LogP contribution in [0.15, 0.2) is 16.6 Å². The van der Waals surface area contributed by atoms with Crippen molar-refractivity contribution in [3.63, 3.8) is 0 Å². The summed E-state index contributed by atoms with van der Waals surface area (Å²) in [6.45, 7) is 11.2. The van der Waals surface area contributed by atoms with E-state index < -0.39 is 24.2 Å². The zero-order valence-electron chi connectivity index (χ0n) is 18.4. The van der Waals surface area contributed by atoms with Gasteiger partial charge in [0.1, 0.15) is 0 Å². The van der Waals surface area contributed by atoms with Crippen molar-refractivity contribution in [3.8, 4) is 0 Å². The molecule has 1 amide bonds. The van der Waals surface area contributed by atoms with Gasteiger partial charge in [-0.2, -0.15) is 0 Å². The summed E-state index contributed by atoms with van der Waals surface area (Å²) in [6.07, 6.45) is 2.96. The largest absolute Gasteiger partial charge is 0.463 e. The van der Waals surface area contributed by atoms with E-state index in [1.807, 2.05) is 27.7 Å². The minimum Gasteiger partial charge on any atom is -0.463 e. The van der Waals surface area contributed by atoms with Crippen LogP contribution in [0.4, 0.5) is 0 Å². The number of ether oxygens (including phenoxy) is 2. The lowest BCUT2D eigenvalue weighted by Gasteiger charge is -2.36. The molecule has 1 rings (SSSR count). The maximum Gasteiger partial charge on any atom is 0.333 e. The van der Waals surface area contributed by atoms with Crippen LogP contribution in [0.3, 0.4) is 0 Å². The lowest BCUT2D eigenvalue weighted by Crippen LogP contribution is -2.54. The van der Waals surface area contributed by atoms with E-state index in [4.69, 9.17) is 20.0 Å². The summed E-state index contributed by atoms with van der Waals surface area (Å²) >= 11 is 0. The Kier molecular flexibility index (Phi) is 10.7. The summed E-state index contributed by atoms with van der Waals surface area (Å²) in [5.74, 6) is -0.575. The van der Waals surface area contributed by atoms with Gasteiger partial charge in [0, 0.05) is 18.9 Å². The van der Waals surface area contributed by atoms with Crippen molar-refractivity contribution in [2.45, 2.75) is 91.2 Å². The first-order chi connectivity index (χ1) is 13.7.